The van der Waals surface area contributed by atoms with Crippen molar-refractivity contribution in [3.05, 3.63) is 29.8 Å². The van der Waals surface area contributed by atoms with E-state index in [0.29, 0.717) is 5.56 Å². The number of hydrogen-bond donors (Lipinski definition) is 0. The number of carbonyl (C=O) groups is 1. The first-order valence-electron chi connectivity index (χ1n) is 5.17. The minimum Gasteiger partial charge on any atom is -0.276 e. The van der Waals surface area contributed by atoms with Crippen LogP contribution in [0.15, 0.2) is 29.2 Å². The summed E-state index contributed by atoms with van der Waals surface area (Å²) in [5.74, 6) is 1.05. The molecule has 0 atom stereocenters. The Morgan fingerprint density at radius 2 is 2.07 bits per heavy atom. The van der Waals surface area contributed by atoms with Crippen LogP contribution in [0.4, 0.5) is 0 Å². The third-order valence-corrected chi connectivity index (χ3v) is 3.47. The second-order valence-corrected chi connectivity index (χ2v) is 4.81. The van der Waals surface area contributed by atoms with Gasteiger partial charge >= 0.3 is 0 Å². The maximum atomic E-state index is 11.1. The molecule has 0 aliphatic carbocycles. The van der Waals surface area contributed by atoms with Gasteiger partial charge in [0.1, 0.15) is 0 Å². The molecule has 0 unspecified atom stereocenters. The number of rotatable bonds is 6. The summed E-state index contributed by atoms with van der Waals surface area (Å²) in [5, 5.41) is -0.367. The van der Waals surface area contributed by atoms with Crippen molar-refractivity contribution in [2.75, 3.05) is 5.75 Å². The summed E-state index contributed by atoms with van der Waals surface area (Å²) < 4.78 is 0. The van der Waals surface area contributed by atoms with Gasteiger partial charge in [0, 0.05) is 10.5 Å². The lowest BCUT2D eigenvalue weighted by Crippen LogP contribution is -1.92. The molecular weight excluding hydrogens is 228 g/mol. The first-order valence-corrected chi connectivity index (χ1v) is 6.53. The van der Waals surface area contributed by atoms with Crippen LogP contribution in [0.1, 0.15) is 36.5 Å². The molecule has 0 amide bonds. The van der Waals surface area contributed by atoms with Crippen LogP contribution < -0.4 is 0 Å². The highest BCUT2D eigenvalue weighted by Crippen LogP contribution is 2.24. The summed E-state index contributed by atoms with van der Waals surface area (Å²) in [6, 6.07) is 7.50. The number of halogens is 1. The lowest BCUT2D eigenvalue weighted by atomic mass is 10.2. The minimum absolute atomic E-state index is 0.367. The van der Waals surface area contributed by atoms with Crippen molar-refractivity contribution < 1.29 is 4.79 Å². The zero-order valence-corrected chi connectivity index (χ0v) is 10.4. The van der Waals surface area contributed by atoms with Crippen LogP contribution in [0.2, 0.25) is 0 Å². The number of carbonyl (C=O) groups excluding carboxylic acids is 1. The molecular formula is C12H15ClOS. The molecule has 1 aromatic carbocycles. The van der Waals surface area contributed by atoms with E-state index in [1.807, 2.05) is 18.2 Å². The van der Waals surface area contributed by atoms with Gasteiger partial charge in [-0.2, -0.15) is 0 Å². The maximum absolute atomic E-state index is 11.1. The zero-order valence-electron chi connectivity index (χ0n) is 8.83. The molecule has 1 nitrogen and oxygen atoms in total. The summed E-state index contributed by atoms with van der Waals surface area (Å²) in [4.78, 5) is 12.1. The van der Waals surface area contributed by atoms with Gasteiger partial charge in [0.25, 0.3) is 5.24 Å². The van der Waals surface area contributed by atoms with Crippen molar-refractivity contribution in [2.24, 2.45) is 0 Å². The average molecular weight is 243 g/mol. The van der Waals surface area contributed by atoms with Crippen LogP contribution in [0.25, 0.3) is 0 Å². The van der Waals surface area contributed by atoms with Crippen LogP contribution in [0.3, 0.4) is 0 Å². The lowest BCUT2D eigenvalue weighted by molar-refractivity contribution is 0.107. The van der Waals surface area contributed by atoms with Gasteiger partial charge in [-0.3, -0.25) is 4.79 Å². The molecule has 0 saturated carbocycles. The SMILES string of the molecule is CCCCCSc1ccccc1C(=O)Cl. The number of hydrogen-bond acceptors (Lipinski definition) is 2. The van der Waals surface area contributed by atoms with Gasteiger partial charge in [-0.15, -0.1) is 11.8 Å². The second kappa shape index (κ2) is 6.91. The predicted molar refractivity (Wildman–Crippen MR) is 66.9 cm³/mol. The summed E-state index contributed by atoms with van der Waals surface area (Å²) in [6.07, 6.45) is 3.65. The number of benzene rings is 1. The molecule has 0 N–H and O–H groups in total. The van der Waals surface area contributed by atoms with Gasteiger partial charge in [-0.25, -0.2) is 0 Å². The van der Waals surface area contributed by atoms with Gasteiger partial charge in [-0.05, 0) is 35.9 Å². The Labute approximate surface area is 100 Å². The van der Waals surface area contributed by atoms with Crippen molar-refractivity contribution in [1.29, 1.82) is 0 Å². The van der Waals surface area contributed by atoms with Crippen molar-refractivity contribution in [1.82, 2.24) is 0 Å². The molecule has 0 spiro atoms. The van der Waals surface area contributed by atoms with Crippen LogP contribution in [-0.2, 0) is 0 Å². The fourth-order valence-electron chi connectivity index (χ4n) is 1.29. The Morgan fingerprint density at radius 1 is 1.33 bits per heavy atom. The Morgan fingerprint density at radius 3 is 2.73 bits per heavy atom. The van der Waals surface area contributed by atoms with Crippen LogP contribution in [0, 0.1) is 0 Å². The van der Waals surface area contributed by atoms with Crippen molar-refractivity contribution in [2.45, 2.75) is 31.1 Å². The summed E-state index contributed by atoms with van der Waals surface area (Å²) in [5.41, 5.74) is 0.626. The molecule has 1 aromatic rings. The first-order chi connectivity index (χ1) is 7.25. The van der Waals surface area contributed by atoms with E-state index >= 15 is 0 Å². The molecule has 82 valence electrons. The Bertz CT molecular complexity index is 325. The van der Waals surface area contributed by atoms with Crippen molar-refractivity contribution in [3.8, 4) is 0 Å². The van der Waals surface area contributed by atoms with E-state index in [0.717, 1.165) is 10.6 Å². The van der Waals surface area contributed by atoms with Crippen LogP contribution in [0.5, 0.6) is 0 Å². The fourth-order valence-corrected chi connectivity index (χ4v) is 2.57. The maximum Gasteiger partial charge on any atom is 0.253 e. The van der Waals surface area contributed by atoms with Gasteiger partial charge in [0.05, 0.1) is 0 Å². The number of unbranched alkanes of at least 4 members (excludes halogenated alkanes) is 2. The smallest absolute Gasteiger partial charge is 0.253 e. The zero-order chi connectivity index (χ0) is 11.1. The molecule has 3 heteroatoms. The van der Waals surface area contributed by atoms with Gasteiger partial charge in [-0.1, -0.05) is 31.9 Å². The summed E-state index contributed by atoms with van der Waals surface area (Å²) >= 11 is 7.21. The van der Waals surface area contributed by atoms with E-state index < -0.39 is 0 Å². The predicted octanol–water partition coefficient (Wildman–Crippen LogP) is 4.35. The molecule has 15 heavy (non-hydrogen) atoms. The third-order valence-electron chi connectivity index (χ3n) is 2.10. The largest absolute Gasteiger partial charge is 0.276 e. The summed E-state index contributed by atoms with van der Waals surface area (Å²) in [6.45, 7) is 2.18. The quantitative estimate of drug-likeness (QED) is 0.419. The lowest BCUT2D eigenvalue weighted by Gasteiger charge is -2.04. The monoisotopic (exact) mass is 242 g/mol. The Kier molecular flexibility index (Phi) is 5.81. The first kappa shape index (κ1) is 12.6. The molecule has 0 aliphatic rings. The van der Waals surface area contributed by atoms with E-state index in [2.05, 4.69) is 6.92 Å². The van der Waals surface area contributed by atoms with E-state index in [1.165, 1.54) is 19.3 Å². The molecule has 0 fully saturated rings. The van der Waals surface area contributed by atoms with Crippen LogP contribution >= 0.6 is 23.4 Å². The number of thioether (sulfide) groups is 1. The topological polar surface area (TPSA) is 17.1 Å². The Hall–Kier alpha value is -0.470. The van der Waals surface area contributed by atoms with E-state index in [4.69, 9.17) is 11.6 Å². The molecule has 0 heterocycles. The van der Waals surface area contributed by atoms with Crippen molar-refractivity contribution >= 4 is 28.6 Å². The van der Waals surface area contributed by atoms with Gasteiger partial charge in [0.15, 0.2) is 0 Å². The highest BCUT2D eigenvalue weighted by molar-refractivity contribution is 7.99. The summed E-state index contributed by atoms with van der Waals surface area (Å²) in [7, 11) is 0. The highest BCUT2D eigenvalue weighted by Gasteiger charge is 2.07. The second-order valence-electron chi connectivity index (χ2n) is 3.33. The molecule has 0 aliphatic heterocycles. The highest BCUT2D eigenvalue weighted by atomic mass is 35.5. The molecule has 1 rings (SSSR count). The third kappa shape index (κ3) is 4.27. The van der Waals surface area contributed by atoms with Crippen molar-refractivity contribution in [3.63, 3.8) is 0 Å². The fraction of sp³-hybridized carbons (Fsp3) is 0.417. The molecule has 0 saturated heterocycles. The van der Waals surface area contributed by atoms with Gasteiger partial charge < -0.3 is 0 Å². The minimum atomic E-state index is -0.367. The molecule has 0 aromatic heterocycles. The molecule has 0 bridgehead atoms. The van der Waals surface area contributed by atoms with Gasteiger partial charge in [0.2, 0.25) is 0 Å². The normalized spacial score (nSPS) is 10.3. The van der Waals surface area contributed by atoms with E-state index in [9.17, 15) is 4.79 Å². The molecule has 0 radical (unpaired) electrons. The van der Waals surface area contributed by atoms with Crippen LogP contribution in [-0.4, -0.2) is 11.0 Å². The standard InChI is InChI=1S/C12H15ClOS/c1-2-3-6-9-15-11-8-5-4-7-10(11)12(13)14/h4-5,7-8H,2-3,6,9H2,1H3. The Balaban J connectivity index is 2.56. The van der Waals surface area contributed by atoms with E-state index in [1.54, 1.807) is 17.8 Å². The van der Waals surface area contributed by atoms with E-state index in [-0.39, 0.29) is 5.24 Å². The average Bonchev–Trinajstić information content (AvgIpc) is 2.25.